The Bertz CT molecular complexity index is 957. The number of fused-ring (bicyclic) bond motifs is 2. The van der Waals surface area contributed by atoms with Crippen LogP contribution in [0.25, 0.3) is 16.9 Å². The first-order chi connectivity index (χ1) is 11.8. The van der Waals surface area contributed by atoms with Crippen LogP contribution in [0.3, 0.4) is 0 Å². The van der Waals surface area contributed by atoms with E-state index in [1.54, 1.807) is 6.20 Å². The standard InChI is InChI=1S/C18H17N5O/c24-18-14-4-3-12(7-13(14)9-22-18)15-10-21-16(20-8-11-1-2-11)17-19-5-6-23(15)17/h3-7,10-11H,1-2,8-9H2,(H,20,21)(H,22,24). The molecule has 3 aromatic rings. The summed E-state index contributed by atoms with van der Waals surface area (Å²) in [6, 6.07) is 5.91. The fourth-order valence-electron chi connectivity index (χ4n) is 3.21. The SMILES string of the molecule is O=C1NCc2cc(-c3cnc(NCC4CC4)c4nccn34)ccc21. The van der Waals surface area contributed by atoms with Crippen molar-refractivity contribution in [1.82, 2.24) is 19.7 Å². The summed E-state index contributed by atoms with van der Waals surface area (Å²) in [6.45, 7) is 1.55. The normalized spacial score (nSPS) is 16.2. The smallest absolute Gasteiger partial charge is 0.251 e. The number of nitrogens with zero attached hydrogens (tertiary/aromatic N) is 3. The molecule has 2 N–H and O–H groups in total. The quantitative estimate of drug-likeness (QED) is 0.775. The Morgan fingerprint density at radius 3 is 3.08 bits per heavy atom. The number of benzene rings is 1. The molecule has 0 atom stereocenters. The van der Waals surface area contributed by atoms with Gasteiger partial charge in [0.25, 0.3) is 5.91 Å². The molecule has 1 saturated carbocycles. The number of anilines is 1. The van der Waals surface area contributed by atoms with Gasteiger partial charge in [-0.1, -0.05) is 6.07 Å². The maximum atomic E-state index is 11.7. The third kappa shape index (κ3) is 2.14. The molecular weight excluding hydrogens is 302 g/mol. The Kier molecular flexibility index (Phi) is 2.85. The molecule has 120 valence electrons. The van der Waals surface area contributed by atoms with E-state index < -0.39 is 0 Å². The molecule has 6 nitrogen and oxygen atoms in total. The Hall–Kier alpha value is -2.89. The minimum atomic E-state index is 0.00192. The van der Waals surface area contributed by atoms with Crippen molar-refractivity contribution in [3.05, 3.63) is 47.9 Å². The predicted octanol–water partition coefficient (Wildman–Crippen LogP) is 2.46. The van der Waals surface area contributed by atoms with Crippen LogP contribution in [-0.4, -0.2) is 26.8 Å². The van der Waals surface area contributed by atoms with Crippen molar-refractivity contribution < 1.29 is 4.79 Å². The topological polar surface area (TPSA) is 71.3 Å². The highest BCUT2D eigenvalue weighted by molar-refractivity contribution is 5.98. The number of rotatable bonds is 4. The molecule has 2 aromatic heterocycles. The molecule has 0 radical (unpaired) electrons. The fraction of sp³-hybridized carbons (Fsp3) is 0.278. The van der Waals surface area contributed by atoms with E-state index in [0.717, 1.165) is 46.3 Å². The summed E-state index contributed by atoms with van der Waals surface area (Å²) in [5.74, 6) is 1.61. The Morgan fingerprint density at radius 2 is 2.21 bits per heavy atom. The lowest BCUT2D eigenvalue weighted by Crippen LogP contribution is -2.12. The van der Waals surface area contributed by atoms with E-state index in [-0.39, 0.29) is 5.91 Å². The van der Waals surface area contributed by atoms with Gasteiger partial charge in [-0.25, -0.2) is 9.97 Å². The van der Waals surface area contributed by atoms with E-state index >= 15 is 0 Å². The molecule has 0 saturated heterocycles. The lowest BCUT2D eigenvalue weighted by Gasteiger charge is -2.11. The first-order valence-electron chi connectivity index (χ1n) is 8.27. The highest BCUT2D eigenvalue weighted by Crippen LogP contribution is 2.30. The average Bonchev–Trinajstić information content (AvgIpc) is 3.17. The van der Waals surface area contributed by atoms with Crippen LogP contribution in [0.15, 0.2) is 36.8 Å². The van der Waals surface area contributed by atoms with Crippen LogP contribution in [0.1, 0.15) is 28.8 Å². The number of amides is 1. The van der Waals surface area contributed by atoms with Gasteiger partial charge >= 0.3 is 0 Å². The van der Waals surface area contributed by atoms with E-state index in [1.807, 2.05) is 28.9 Å². The molecular formula is C18H17N5O. The summed E-state index contributed by atoms with van der Waals surface area (Å²) in [7, 11) is 0. The largest absolute Gasteiger partial charge is 0.367 e. The van der Waals surface area contributed by atoms with Crippen LogP contribution in [0, 0.1) is 5.92 Å². The lowest BCUT2D eigenvalue weighted by atomic mass is 10.0. The number of aromatic nitrogens is 3. The van der Waals surface area contributed by atoms with Gasteiger partial charge in [0.15, 0.2) is 11.5 Å². The van der Waals surface area contributed by atoms with Crippen LogP contribution in [0.2, 0.25) is 0 Å². The maximum absolute atomic E-state index is 11.7. The van der Waals surface area contributed by atoms with E-state index in [0.29, 0.717) is 6.54 Å². The van der Waals surface area contributed by atoms with E-state index in [4.69, 9.17) is 0 Å². The van der Waals surface area contributed by atoms with E-state index in [1.165, 1.54) is 12.8 Å². The van der Waals surface area contributed by atoms with Gasteiger partial charge in [-0.2, -0.15) is 0 Å². The fourth-order valence-corrected chi connectivity index (χ4v) is 3.21. The highest BCUT2D eigenvalue weighted by Gasteiger charge is 2.22. The molecule has 1 fully saturated rings. The molecule has 3 heterocycles. The van der Waals surface area contributed by atoms with Crippen LogP contribution in [0.5, 0.6) is 0 Å². The van der Waals surface area contributed by atoms with Gasteiger partial charge in [-0.05, 0) is 36.5 Å². The number of imidazole rings is 1. The molecule has 1 amide bonds. The van der Waals surface area contributed by atoms with Gasteiger partial charge < -0.3 is 10.6 Å². The first kappa shape index (κ1) is 13.5. The van der Waals surface area contributed by atoms with E-state index in [2.05, 4.69) is 26.7 Å². The van der Waals surface area contributed by atoms with E-state index in [9.17, 15) is 4.79 Å². The van der Waals surface area contributed by atoms with Gasteiger partial charge in [0, 0.05) is 36.6 Å². The minimum absolute atomic E-state index is 0.00192. The van der Waals surface area contributed by atoms with Crippen molar-refractivity contribution in [2.24, 2.45) is 5.92 Å². The Labute approximate surface area is 138 Å². The molecule has 5 rings (SSSR count). The van der Waals surface area contributed by atoms with Crippen molar-refractivity contribution in [3.8, 4) is 11.3 Å². The number of nitrogens with one attached hydrogen (secondary N) is 2. The molecule has 0 spiro atoms. The Morgan fingerprint density at radius 1 is 1.29 bits per heavy atom. The summed E-state index contributed by atoms with van der Waals surface area (Å²) < 4.78 is 2.05. The summed E-state index contributed by atoms with van der Waals surface area (Å²) in [4.78, 5) is 20.8. The second-order valence-corrected chi connectivity index (χ2v) is 6.49. The van der Waals surface area contributed by atoms with Crippen LogP contribution in [-0.2, 0) is 6.54 Å². The van der Waals surface area contributed by atoms with Crippen molar-refractivity contribution in [1.29, 1.82) is 0 Å². The second kappa shape index (κ2) is 5.06. The zero-order chi connectivity index (χ0) is 16.1. The van der Waals surface area contributed by atoms with Gasteiger partial charge in [-0.3, -0.25) is 9.20 Å². The van der Waals surface area contributed by atoms with Crippen molar-refractivity contribution in [2.45, 2.75) is 19.4 Å². The Balaban J connectivity index is 1.56. The zero-order valence-corrected chi connectivity index (χ0v) is 13.1. The lowest BCUT2D eigenvalue weighted by molar-refractivity contribution is 0.0966. The minimum Gasteiger partial charge on any atom is -0.367 e. The van der Waals surface area contributed by atoms with Crippen LogP contribution >= 0.6 is 0 Å². The van der Waals surface area contributed by atoms with Crippen molar-refractivity contribution in [2.75, 3.05) is 11.9 Å². The predicted molar refractivity (Wildman–Crippen MR) is 90.8 cm³/mol. The molecule has 24 heavy (non-hydrogen) atoms. The highest BCUT2D eigenvalue weighted by atomic mass is 16.1. The zero-order valence-electron chi connectivity index (χ0n) is 13.1. The number of hydrogen-bond acceptors (Lipinski definition) is 4. The third-order valence-corrected chi connectivity index (χ3v) is 4.77. The van der Waals surface area contributed by atoms with Gasteiger partial charge in [0.05, 0.1) is 11.9 Å². The van der Waals surface area contributed by atoms with Crippen LogP contribution in [0.4, 0.5) is 5.82 Å². The average molecular weight is 319 g/mol. The van der Waals surface area contributed by atoms with Crippen LogP contribution < -0.4 is 10.6 Å². The van der Waals surface area contributed by atoms with Crippen molar-refractivity contribution in [3.63, 3.8) is 0 Å². The summed E-state index contributed by atoms with van der Waals surface area (Å²) in [5, 5.41) is 6.27. The van der Waals surface area contributed by atoms with Gasteiger partial charge in [0.1, 0.15) is 0 Å². The number of carbonyl (C=O) groups excluding carboxylic acids is 1. The van der Waals surface area contributed by atoms with Crippen molar-refractivity contribution >= 4 is 17.4 Å². The maximum Gasteiger partial charge on any atom is 0.251 e. The molecule has 1 aliphatic heterocycles. The summed E-state index contributed by atoms with van der Waals surface area (Å²) in [5.41, 5.74) is 4.64. The molecule has 2 aliphatic rings. The van der Waals surface area contributed by atoms with Gasteiger partial charge in [0.2, 0.25) is 0 Å². The van der Waals surface area contributed by atoms with Gasteiger partial charge in [-0.15, -0.1) is 0 Å². The first-order valence-corrected chi connectivity index (χ1v) is 8.27. The molecule has 0 bridgehead atoms. The molecule has 6 heteroatoms. The molecule has 0 unspecified atom stereocenters. The summed E-state index contributed by atoms with van der Waals surface area (Å²) in [6.07, 6.45) is 8.22. The number of carbonyl (C=O) groups is 1. The second-order valence-electron chi connectivity index (χ2n) is 6.49. The molecule has 1 aliphatic carbocycles. The molecule has 1 aromatic carbocycles. The number of hydrogen-bond donors (Lipinski definition) is 2. The summed E-state index contributed by atoms with van der Waals surface area (Å²) >= 11 is 0. The third-order valence-electron chi connectivity index (χ3n) is 4.77. The monoisotopic (exact) mass is 319 g/mol.